The Hall–Kier alpha value is -0.500. The second-order valence-electron chi connectivity index (χ2n) is 5.47. The first kappa shape index (κ1) is 14.4. The summed E-state index contributed by atoms with van der Waals surface area (Å²) in [6, 6.07) is 1.72. The van der Waals surface area contributed by atoms with Crippen LogP contribution in [0.5, 0.6) is 0 Å². The van der Waals surface area contributed by atoms with Gasteiger partial charge >= 0.3 is 0 Å². The van der Waals surface area contributed by atoms with Gasteiger partial charge in [-0.1, -0.05) is 6.92 Å². The Morgan fingerprint density at radius 2 is 2.25 bits per heavy atom. The Balaban J connectivity index is 1.95. The molecular weight excluding hydrogens is 342 g/mol. The summed E-state index contributed by atoms with van der Waals surface area (Å²) in [6.45, 7) is 4.52. The van der Waals surface area contributed by atoms with Gasteiger partial charge < -0.3 is 5.32 Å². The van der Waals surface area contributed by atoms with Crippen LogP contribution >= 0.6 is 15.9 Å². The molecule has 5 nitrogen and oxygen atoms in total. The summed E-state index contributed by atoms with van der Waals surface area (Å²) in [6.07, 6.45) is 3.88. The number of fused-ring (bicyclic) bond motifs is 1. The third kappa shape index (κ3) is 2.30. The summed E-state index contributed by atoms with van der Waals surface area (Å²) in [5.74, 6) is 0.879. The molecular formula is C13H18BrN3O2S. The summed E-state index contributed by atoms with van der Waals surface area (Å²) >= 11 is 3.29. The Bertz CT molecular complexity index is 607. The van der Waals surface area contributed by atoms with Gasteiger partial charge in [0.05, 0.1) is 0 Å². The minimum Gasteiger partial charge on any atom is -0.316 e. The predicted molar refractivity (Wildman–Crippen MR) is 79.8 cm³/mol. The molecule has 1 aromatic heterocycles. The fourth-order valence-corrected chi connectivity index (χ4v) is 5.74. The molecule has 1 N–H and O–H groups in total. The average Bonchev–Trinajstić information content (AvgIpc) is 2.98. The van der Waals surface area contributed by atoms with E-state index < -0.39 is 10.0 Å². The van der Waals surface area contributed by atoms with E-state index in [0.717, 1.165) is 19.5 Å². The summed E-state index contributed by atoms with van der Waals surface area (Å²) in [4.78, 5) is 4.26. The van der Waals surface area contributed by atoms with Crippen LogP contribution in [-0.2, 0) is 10.0 Å². The molecule has 0 spiro atoms. The third-order valence-corrected chi connectivity index (χ3v) is 6.67. The third-order valence-electron chi connectivity index (χ3n) is 4.38. The van der Waals surface area contributed by atoms with Gasteiger partial charge in [-0.15, -0.1) is 0 Å². The average molecular weight is 360 g/mol. The fraction of sp³-hybridized carbons (Fsp3) is 0.615. The molecule has 1 aromatic rings. The lowest BCUT2D eigenvalue weighted by Gasteiger charge is -2.26. The van der Waals surface area contributed by atoms with Crippen LogP contribution in [0, 0.1) is 11.8 Å². The van der Waals surface area contributed by atoms with Crippen LogP contribution < -0.4 is 5.32 Å². The maximum Gasteiger partial charge on any atom is 0.244 e. The smallest absolute Gasteiger partial charge is 0.244 e. The Labute approximate surface area is 127 Å². The lowest BCUT2D eigenvalue weighted by molar-refractivity contribution is 0.329. The lowest BCUT2D eigenvalue weighted by Crippen LogP contribution is -2.39. The van der Waals surface area contributed by atoms with Crippen molar-refractivity contribution in [2.24, 2.45) is 11.8 Å². The van der Waals surface area contributed by atoms with Gasteiger partial charge in [-0.25, -0.2) is 8.42 Å². The SMILES string of the molecule is CCC1C2CNCC2CN1S(=O)(=O)c1cncc(Br)c1. The zero-order valence-corrected chi connectivity index (χ0v) is 13.7. The van der Waals surface area contributed by atoms with Crippen molar-refractivity contribution in [2.75, 3.05) is 19.6 Å². The van der Waals surface area contributed by atoms with Crippen molar-refractivity contribution in [3.63, 3.8) is 0 Å². The molecule has 3 rings (SSSR count). The van der Waals surface area contributed by atoms with E-state index in [-0.39, 0.29) is 10.9 Å². The first-order chi connectivity index (χ1) is 9.54. The number of rotatable bonds is 3. The number of halogens is 1. The maximum absolute atomic E-state index is 12.8. The number of sulfonamides is 1. The van der Waals surface area contributed by atoms with Gasteiger partial charge in [0, 0.05) is 29.5 Å². The van der Waals surface area contributed by atoms with E-state index in [1.165, 1.54) is 6.20 Å². The van der Waals surface area contributed by atoms with Crippen LogP contribution in [-0.4, -0.2) is 43.4 Å². The molecule has 2 fully saturated rings. The molecule has 2 aliphatic heterocycles. The molecule has 2 aliphatic rings. The van der Waals surface area contributed by atoms with Gasteiger partial charge in [0.25, 0.3) is 0 Å². The predicted octanol–water partition coefficient (Wildman–Crippen LogP) is 1.46. The van der Waals surface area contributed by atoms with E-state index in [0.29, 0.717) is 22.9 Å². The lowest BCUT2D eigenvalue weighted by atomic mass is 9.93. The van der Waals surface area contributed by atoms with Gasteiger partial charge in [-0.3, -0.25) is 4.98 Å². The molecule has 0 radical (unpaired) electrons. The molecule has 0 bridgehead atoms. The molecule has 3 atom stereocenters. The van der Waals surface area contributed by atoms with Crippen LogP contribution in [0.3, 0.4) is 0 Å². The van der Waals surface area contributed by atoms with Crippen LogP contribution in [0.1, 0.15) is 13.3 Å². The number of hydrogen-bond acceptors (Lipinski definition) is 4. The zero-order valence-electron chi connectivity index (χ0n) is 11.3. The standard InChI is InChI=1S/C13H18BrN3O2S/c1-2-13-12-7-15-4-9(12)8-17(13)20(18,19)11-3-10(14)5-16-6-11/h3,5-6,9,12-13,15H,2,4,7-8H2,1H3. The number of pyridine rings is 1. The molecule has 0 saturated carbocycles. The van der Waals surface area contributed by atoms with Gasteiger partial charge in [-0.2, -0.15) is 4.31 Å². The van der Waals surface area contributed by atoms with Crippen molar-refractivity contribution in [1.82, 2.24) is 14.6 Å². The van der Waals surface area contributed by atoms with Crippen molar-refractivity contribution in [3.8, 4) is 0 Å². The maximum atomic E-state index is 12.8. The normalized spacial score (nSPS) is 30.6. The second-order valence-corrected chi connectivity index (χ2v) is 8.28. The highest BCUT2D eigenvalue weighted by Gasteiger charge is 2.48. The fourth-order valence-electron chi connectivity index (χ4n) is 3.44. The van der Waals surface area contributed by atoms with Gasteiger partial charge in [0.15, 0.2) is 0 Å². The van der Waals surface area contributed by atoms with Crippen LogP contribution in [0.2, 0.25) is 0 Å². The molecule has 3 heterocycles. The first-order valence-electron chi connectivity index (χ1n) is 6.87. The molecule has 0 aliphatic carbocycles. The highest BCUT2D eigenvalue weighted by Crippen LogP contribution is 2.37. The van der Waals surface area contributed by atoms with E-state index in [1.807, 2.05) is 0 Å². The van der Waals surface area contributed by atoms with E-state index in [4.69, 9.17) is 0 Å². The van der Waals surface area contributed by atoms with Crippen molar-refractivity contribution in [2.45, 2.75) is 24.3 Å². The number of nitrogens with one attached hydrogen (secondary N) is 1. The molecule has 2 saturated heterocycles. The van der Waals surface area contributed by atoms with Crippen molar-refractivity contribution < 1.29 is 8.42 Å². The van der Waals surface area contributed by atoms with E-state index >= 15 is 0 Å². The van der Waals surface area contributed by atoms with E-state index in [2.05, 4.69) is 33.2 Å². The number of aromatic nitrogens is 1. The van der Waals surface area contributed by atoms with Gasteiger partial charge in [0.2, 0.25) is 10.0 Å². The number of hydrogen-bond donors (Lipinski definition) is 1. The summed E-state index contributed by atoms with van der Waals surface area (Å²) in [5.41, 5.74) is 0. The minimum atomic E-state index is -3.45. The monoisotopic (exact) mass is 359 g/mol. The van der Waals surface area contributed by atoms with Crippen LogP contribution in [0.25, 0.3) is 0 Å². The molecule has 20 heavy (non-hydrogen) atoms. The largest absolute Gasteiger partial charge is 0.316 e. The zero-order chi connectivity index (χ0) is 14.3. The van der Waals surface area contributed by atoms with E-state index in [1.54, 1.807) is 16.6 Å². The summed E-state index contributed by atoms with van der Waals surface area (Å²) < 4.78 is 28.0. The van der Waals surface area contributed by atoms with Crippen LogP contribution in [0.15, 0.2) is 27.8 Å². The quantitative estimate of drug-likeness (QED) is 0.887. The van der Waals surface area contributed by atoms with E-state index in [9.17, 15) is 8.42 Å². The Morgan fingerprint density at radius 3 is 2.95 bits per heavy atom. The summed E-state index contributed by atoms with van der Waals surface area (Å²) in [7, 11) is -3.45. The second kappa shape index (κ2) is 5.36. The molecule has 7 heteroatoms. The van der Waals surface area contributed by atoms with Gasteiger partial charge in [0.1, 0.15) is 4.90 Å². The van der Waals surface area contributed by atoms with Crippen molar-refractivity contribution >= 4 is 26.0 Å². The minimum absolute atomic E-state index is 0.0963. The van der Waals surface area contributed by atoms with Crippen molar-refractivity contribution in [3.05, 3.63) is 22.9 Å². The Morgan fingerprint density at radius 1 is 1.45 bits per heavy atom. The topological polar surface area (TPSA) is 62.3 Å². The summed E-state index contributed by atoms with van der Waals surface area (Å²) in [5, 5.41) is 3.37. The highest BCUT2D eigenvalue weighted by atomic mass is 79.9. The van der Waals surface area contributed by atoms with Crippen molar-refractivity contribution in [1.29, 1.82) is 0 Å². The number of nitrogens with zero attached hydrogens (tertiary/aromatic N) is 2. The van der Waals surface area contributed by atoms with Gasteiger partial charge in [-0.05, 0) is 53.3 Å². The molecule has 0 aromatic carbocycles. The molecule has 0 amide bonds. The molecule has 3 unspecified atom stereocenters. The Kier molecular flexibility index (Phi) is 3.87. The molecule has 110 valence electrons. The first-order valence-corrected chi connectivity index (χ1v) is 9.10. The highest BCUT2D eigenvalue weighted by molar-refractivity contribution is 9.10. The van der Waals surface area contributed by atoms with Crippen LogP contribution in [0.4, 0.5) is 0 Å².